The molecule has 7 heteroatoms. The van der Waals surface area contributed by atoms with Gasteiger partial charge in [-0.3, -0.25) is 0 Å². The number of carboxylic acid groups (broad SMARTS) is 1. The van der Waals surface area contributed by atoms with Crippen LogP contribution in [0.3, 0.4) is 0 Å². The number of carbonyl (C=O) groups is 1. The summed E-state index contributed by atoms with van der Waals surface area (Å²) in [7, 11) is -1.49. The second-order valence-electron chi connectivity index (χ2n) is 7.59. The van der Waals surface area contributed by atoms with Crippen molar-refractivity contribution in [3.63, 3.8) is 0 Å². The summed E-state index contributed by atoms with van der Waals surface area (Å²) < 4.78 is 4.04. The monoisotopic (exact) mass is 426 g/mol. The van der Waals surface area contributed by atoms with Crippen molar-refractivity contribution in [2.75, 3.05) is 0 Å². The van der Waals surface area contributed by atoms with Gasteiger partial charge in [-0.05, 0) is 28.7 Å². The Labute approximate surface area is 186 Å². The van der Waals surface area contributed by atoms with Gasteiger partial charge in [-0.1, -0.05) is 36.4 Å². The van der Waals surface area contributed by atoms with Crippen LogP contribution in [-0.4, -0.2) is 28.2 Å². The minimum atomic E-state index is -1.49. The Morgan fingerprint density at radius 3 is 1.78 bits per heavy atom. The van der Waals surface area contributed by atoms with E-state index in [1.807, 2.05) is 82.5 Å². The molecular formula is C25H23BN2O4+2. The topological polar surface area (TPSA) is 85.5 Å². The molecule has 0 atom stereocenters. The third-order valence-corrected chi connectivity index (χ3v) is 5.37. The largest absolute Gasteiger partial charge is 0.488 e. The van der Waals surface area contributed by atoms with E-state index in [-0.39, 0.29) is 5.56 Å². The van der Waals surface area contributed by atoms with Gasteiger partial charge in [-0.25, -0.2) is 13.9 Å². The average molecular weight is 426 g/mol. The Balaban J connectivity index is 1.44. The Kier molecular flexibility index (Phi) is 6.40. The fourth-order valence-electron chi connectivity index (χ4n) is 3.60. The minimum Gasteiger partial charge on any atom is -0.478 e. The van der Waals surface area contributed by atoms with Gasteiger partial charge in [0.25, 0.3) is 0 Å². The van der Waals surface area contributed by atoms with Gasteiger partial charge < -0.3 is 15.2 Å². The molecule has 0 saturated heterocycles. The third-order valence-electron chi connectivity index (χ3n) is 5.37. The predicted molar refractivity (Wildman–Crippen MR) is 120 cm³/mol. The SMILES string of the molecule is O=C(O)c1ccc(C[n+]2ccc(-c3cc[n+](Cc4ccccc4B(O)O)cc3)cc2)cc1. The summed E-state index contributed by atoms with van der Waals surface area (Å²) in [6, 6.07) is 22.3. The molecule has 32 heavy (non-hydrogen) atoms. The lowest BCUT2D eigenvalue weighted by molar-refractivity contribution is -0.688. The lowest BCUT2D eigenvalue weighted by Crippen LogP contribution is -2.40. The molecule has 0 amide bonds. The number of aromatic carboxylic acids is 1. The predicted octanol–water partition coefficient (Wildman–Crippen LogP) is 1.40. The highest BCUT2D eigenvalue weighted by atomic mass is 16.4. The van der Waals surface area contributed by atoms with Crippen LogP contribution < -0.4 is 14.6 Å². The second kappa shape index (κ2) is 9.55. The van der Waals surface area contributed by atoms with Crippen LogP contribution in [0.5, 0.6) is 0 Å². The molecule has 2 aromatic carbocycles. The number of carboxylic acids is 1. The van der Waals surface area contributed by atoms with Gasteiger partial charge in [0.15, 0.2) is 37.9 Å². The van der Waals surface area contributed by atoms with Crippen LogP contribution in [0.15, 0.2) is 97.6 Å². The molecule has 0 unspecified atom stereocenters. The smallest absolute Gasteiger partial charge is 0.478 e. The first-order valence-corrected chi connectivity index (χ1v) is 10.2. The third kappa shape index (κ3) is 5.08. The standard InChI is InChI=1S/C25H22BN2O4/c29-25(30)22-7-5-19(6-8-22)17-27-13-9-20(10-14-27)21-11-15-28(16-12-21)18-23-3-1-2-4-24(23)26(31)32/h1-16,31-32H,17-18H2/q+1/p+1. The molecule has 0 aliphatic carbocycles. The van der Waals surface area contributed by atoms with Gasteiger partial charge in [0.2, 0.25) is 0 Å². The fraction of sp³-hybridized carbons (Fsp3) is 0.0800. The van der Waals surface area contributed by atoms with Crippen LogP contribution in [-0.2, 0) is 13.1 Å². The number of benzene rings is 2. The normalized spacial score (nSPS) is 10.7. The van der Waals surface area contributed by atoms with Crippen molar-refractivity contribution in [3.05, 3.63) is 114 Å². The Morgan fingerprint density at radius 2 is 1.25 bits per heavy atom. The molecule has 0 aliphatic rings. The molecule has 4 rings (SSSR count). The molecule has 4 aromatic rings. The first-order chi connectivity index (χ1) is 15.5. The van der Waals surface area contributed by atoms with E-state index in [4.69, 9.17) is 5.11 Å². The van der Waals surface area contributed by atoms with E-state index in [2.05, 4.69) is 0 Å². The number of rotatable bonds is 7. The quantitative estimate of drug-likeness (QED) is 0.308. The maximum atomic E-state index is 11.0. The van der Waals surface area contributed by atoms with Gasteiger partial charge in [-0.2, -0.15) is 0 Å². The summed E-state index contributed by atoms with van der Waals surface area (Å²) in [5, 5.41) is 28.1. The highest BCUT2D eigenvalue weighted by Crippen LogP contribution is 2.16. The van der Waals surface area contributed by atoms with E-state index in [1.54, 1.807) is 24.3 Å². The van der Waals surface area contributed by atoms with Crippen LogP contribution in [0.2, 0.25) is 0 Å². The molecular weight excluding hydrogens is 403 g/mol. The summed E-state index contributed by atoms with van der Waals surface area (Å²) in [6.07, 6.45) is 7.95. The molecule has 0 fully saturated rings. The van der Waals surface area contributed by atoms with Crippen LogP contribution in [0.4, 0.5) is 0 Å². The van der Waals surface area contributed by atoms with E-state index in [9.17, 15) is 14.8 Å². The van der Waals surface area contributed by atoms with Gasteiger partial charge in [-0.15, -0.1) is 0 Å². The minimum absolute atomic E-state index is 0.284. The summed E-state index contributed by atoms with van der Waals surface area (Å²) in [4.78, 5) is 11.0. The van der Waals surface area contributed by atoms with E-state index in [0.29, 0.717) is 18.6 Å². The van der Waals surface area contributed by atoms with Crippen molar-refractivity contribution in [1.29, 1.82) is 0 Å². The van der Waals surface area contributed by atoms with Crippen molar-refractivity contribution in [1.82, 2.24) is 0 Å². The molecule has 6 nitrogen and oxygen atoms in total. The highest BCUT2D eigenvalue weighted by molar-refractivity contribution is 6.59. The van der Waals surface area contributed by atoms with Crippen molar-refractivity contribution in [3.8, 4) is 11.1 Å². The summed E-state index contributed by atoms with van der Waals surface area (Å²) in [5.41, 5.74) is 4.84. The molecule has 0 saturated carbocycles. The lowest BCUT2D eigenvalue weighted by atomic mass is 9.77. The molecule has 0 aliphatic heterocycles. The van der Waals surface area contributed by atoms with E-state index in [0.717, 1.165) is 22.3 Å². The number of hydrogen-bond acceptors (Lipinski definition) is 3. The van der Waals surface area contributed by atoms with Crippen molar-refractivity contribution in [2.45, 2.75) is 13.1 Å². The zero-order valence-corrected chi connectivity index (χ0v) is 17.4. The number of aromatic nitrogens is 2. The first kappa shape index (κ1) is 21.4. The average Bonchev–Trinajstić information content (AvgIpc) is 2.81. The number of hydrogen-bond donors (Lipinski definition) is 3. The van der Waals surface area contributed by atoms with Gasteiger partial charge in [0.05, 0.1) is 5.56 Å². The van der Waals surface area contributed by atoms with E-state index in [1.165, 1.54) is 0 Å². The maximum Gasteiger partial charge on any atom is 0.488 e. The number of pyridine rings is 2. The molecule has 158 valence electrons. The van der Waals surface area contributed by atoms with Crippen LogP contribution >= 0.6 is 0 Å². The Morgan fingerprint density at radius 1 is 0.719 bits per heavy atom. The molecule has 2 aromatic heterocycles. The lowest BCUT2D eigenvalue weighted by Gasteiger charge is -2.06. The zero-order chi connectivity index (χ0) is 22.5. The molecule has 2 heterocycles. The van der Waals surface area contributed by atoms with Crippen LogP contribution in [0.25, 0.3) is 11.1 Å². The highest BCUT2D eigenvalue weighted by Gasteiger charge is 2.17. The van der Waals surface area contributed by atoms with Gasteiger partial charge in [0, 0.05) is 35.4 Å². The van der Waals surface area contributed by atoms with Gasteiger partial charge >= 0.3 is 13.1 Å². The summed E-state index contributed by atoms with van der Waals surface area (Å²) >= 11 is 0. The summed E-state index contributed by atoms with van der Waals surface area (Å²) in [6.45, 7) is 1.20. The molecule has 0 bridgehead atoms. The maximum absolute atomic E-state index is 11.0. The van der Waals surface area contributed by atoms with Crippen LogP contribution in [0.1, 0.15) is 21.5 Å². The van der Waals surface area contributed by atoms with E-state index >= 15 is 0 Å². The van der Waals surface area contributed by atoms with E-state index < -0.39 is 13.1 Å². The van der Waals surface area contributed by atoms with Crippen molar-refractivity contribution < 1.29 is 29.1 Å². The zero-order valence-electron chi connectivity index (χ0n) is 17.4. The number of nitrogens with zero attached hydrogens (tertiary/aromatic N) is 2. The van der Waals surface area contributed by atoms with Crippen LogP contribution in [0, 0.1) is 0 Å². The molecule has 3 N–H and O–H groups in total. The Hall–Kier alpha value is -3.81. The van der Waals surface area contributed by atoms with Crippen molar-refractivity contribution in [2.24, 2.45) is 0 Å². The van der Waals surface area contributed by atoms with Crippen molar-refractivity contribution >= 4 is 18.6 Å². The first-order valence-electron chi connectivity index (χ1n) is 10.2. The second-order valence-corrected chi connectivity index (χ2v) is 7.59. The summed E-state index contributed by atoms with van der Waals surface area (Å²) in [5.74, 6) is -0.923. The molecule has 0 spiro atoms. The van der Waals surface area contributed by atoms with Gasteiger partial charge in [0.1, 0.15) is 0 Å². The Bertz CT molecular complexity index is 1210. The molecule has 0 radical (unpaired) electrons. The fourth-order valence-corrected chi connectivity index (χ4v) is 3.60.